The van der Waals surface area contributed by atoms with Gasteiger partial charge in [-0.15, -0.1) is 0 Å². The van der Waals surface area contributed by atoms with Crippen LogP contribution in [0, 0.1) is 0 Å². The summed E-state index contributed by atoms with van der Waals surface area (Å²) in [6.45, 7) is 6.59. The Kier molecular flexibility index (Phi) is 50.8. The summed E-state index contributed by atoms with van der Waals surface area (Å²) in [6, 6.07) is 0. The van der Waals surface area contributed by atoms with Crippen LogP contribution in [0.2, 0.25) is 0 Å². The fraction of sp³-hybridized carbons (Fsp3) is 0.810. The molecule has 1 unspecified atom stereocenters. The first kappa shape index (κ1) is 61.4. The van der Waals surface area contributed by atoms with E-state index in [4.69, 9.17) is 14.2 Å². The maximum atomic E-state index is 12.8. The van der Waals surface area contributed by atoms with Gasteiger partial charge < -0.3 is 14.2 Å². The van der Waals surface area contributed by atoms with Crippen molar-refractivity contribution in [3.63, 3.8) is 0 Å². The SMILES string of the molecule is CCCCC/C=C\CCCCCCCC(=O)OCC(COC(=O)CCCCCCC/C=C\CCCCCCCCCCC)OC(=O)CCCCC/C=C\C=C/CCCCCCCCC. The molecule has 0 saturated carbocycles. The first-order chi connectivity index (χ1) is 31.5. The summed E-state index contributed by atoms with van der Waals surface area (Å²) < 4.78 is 16.8. The van der Waals surface area contributed by atoms with E-state index in [0.29, 0.717) is 19.3 Å². The van der Waals surface area contributed by atoms with Crippen molar-refractivity contribution >= 4 is 17.9 Å². The second kappa shape index (κ2) is 53.0. The zero-order chi connectivity index (χ0) is 46.5. The van der Waals surface area contributed by atoms with Gasteiger partial charge >= 0.3 is 17.9 Å². The van der Waals surface area contributed by atoms with Crippen molar-refractivity contribution in [2.24, 2.45) is 0 Å². The lowest BCUT2D eigenvalue weighted by Gasteiger charge is -2.18. The van der Waals surface area contributed by atoms with Gasteiger partial charge in [0, 0.05) is 19.3 Å². The van der Waals surface area contributed by atoms with Crippen molar-refractivity contribution in [1.82, 2.24) is 0 Å². The Balaban J connectivity index is 4.40. The van der Waals surface area contributed by atoms with Gasteiger partial charge in [-0.3, -0.25) is 14.4 Å². The summed E-state index contributed by atoms with van der Waals surface area (Å²) in [6.07, 6.45) is 63.8. The smallest absolute Gasteiger partial charge is 0.306 e. The first-order valence-electron chi connectivity index (χ1n) is 27.7. The number of hydrogen-bond acceptors (Lipinski definition) is 6. The Morgan fingerprint density at radius 2 is 0.562 bits per heavy atom. The Morgan fingerprint density at radius 3 is 0.922 bits per heavy atom. The van der Waals surface area contributed by atoms with Crippen molar-refractivity contribution in [3.05, 3.63) is 48.6 Å². The number of hydrogen-bond donors (Lipinski definition) is 0. The zero-order valence-corrected chi connectivity index (χ0v) is 42.6. The molecular weight excluding hydrogens is 793 g/mol. The topological polar surface area (TPSA) is 78.9 Å². The predicted octanol–water partition coefficient (Wildman–Crippen LogP) is 18.3. The number of carbonyl (C=O) groups excluding carboxylic acids is 3. The Labute approximate surface area is 397 Å². The molecule has 0 bridgehead atoms. The van der Waals surface area contributed by atoms with Crippen LogP contribution >= 0.6 is 0 Å². The molecule has 1 atom stereocenters. The van der Waals surface area contributed by atoms with E-state index in [1.807, 2.05) is 0 Å². The summed E-state index contributed by atoms with van der Waals surface area (Å²) in [5.74, 6) is -0.924. The van der Waals surface area contributed by atoms with Crippen LogP contribution < -0.4 is 0 Å². The minimum atomic E-state index is -0.792. The lowest BCUT2D eigenvalue weighted by molar-refractivity contribution is -0.167. The second-order valence-corrected chi connectivity index (χ2v) is 18.5. The van der Waals surface area contributed by atoms with Gasteiger partial charge in [0.15, 0.2) is 6.10 Å². The van der Waals surface area contributed by atoms with Crippen LogP contribution in [-0.4, -0.2) is 37.2 Å². The molecule has 0 fully saturated rings. The van der Waals surface area contributed by atoms with Crippen molar-refractivity contribution in [2.75, 3.05) is 13.2 Å². The molecule has 0 radical (unpaired) electrons. The summed E-state index contributed by atoms with van der Waals surface area (Å²) in [4.78, 5) is 38.0. The second-order valence-electron chi connectivity index (χ2n) is 18.5. The average molecular weight is 897 g/mol. The molecule has 0 rings (SSSR count). The number of rotatable bonds is 50. The lowest BCUT2D eigenvalue weighted by atomic mass is 10.1. The number of unbranched alkanes of at least 4 members (excludes halogenated alkanes) is 32. The van der Waals surface area contributed by atoms with Crippen molar-refractivity contribution in [2.45, 2.75) is 290 Å². The molecule has 0 aliphatic carbocycles. The lowest BCUT2D eigenvalue weighted by Crippen LogP contribution is -2.30. The predicted molar refractivity (Wildman–Crippen MR) is 275 cm³/mol. The molecule has 0 aliphatic heterocycles. The van der Waals surface area contributed by atoms with Crippen LogP contribution in [0.25, 0.3) is 0 Å². The van der Waals surface area contributed by atoms with E-state index in [1.165, 1.54) is 161 Å². The van der Waals surface area contributed by atoms with E-state index in [-0.39, 0.29) is 31.1 Å². The summed E-state index contributed by atoms with van der Waals surface area (Å²) >= 11 is 0. The fourth-order valence-corrected chi connectivity index (χ4v) is 7.83. The molecule has 0 aromatic carbocycles. The molecule has 0 N–H and O–H groups in total. The van der Waals surface area contributed by atoms with Crippen LogP contribution in [0.1, 0.15) is 284 Å². The van der Waals surface area contributed by atoms with Gasteiger partial charge in [0.1, 0.15) is 13.2 Å². The van der Waals surface area contributed by atoms with Gasteiger partial charge in [-0.1, -0.05) is 217 Å². The highest BCUT2D eigenvalue weighted by molar-refractivity contribution is 5.71. The van der Waals surface area contributed by atoms with Crippen molar-refractivity contribution < 1.29 is 28.6 Å². The molecular formula is C58H104O6. The van der Waals surface area contributed by atoms with Crippen LogP contribution in [0.4, 0.5) is 0 Å². The third-order valence-electron chi connectivity index (χ3n) is 12.1. The van der Waals surface area contributed by atoms with E-state index >= 15 is 0 Å². The third kappa shape index (κ3) is 50.4. The highest BCUT2D eigenvalue weighted by Gasteiger charge is 2.19. The van der Waals surface area contributed by atoms with Crippen molar-refractivity contribution in [1.29, 1.82) is 0 Å². The minimum absolute atomic E-state index is 0.0897. The molecule has 0 amide bonds. The number of ether oxygens (including phenoxy) is 3. The maximum Gasteiger partial charge on any atom is 0.306 e. The van der Waals surface area contributed by atoms with Gasteiger partial charge in [-0.25, -0.2) is 0 Å². The molecule has 64 heavy (non-hydrogen) atoms. The van der Waals surface area contributed by atoms with E-state index in [9.17, 15) is 14.4 Å². The van der Waals surface area contributed by atoms with Gasteiger partial charge in [-0.05, 0) is 96.3 Å². The molecule has 6 nitrogen and oxygen atoms in total. The molecule has 0 heterocycles. The molecule has 0 aliphatic rings. The largest absolute Gasteiger partial charge is 0.462 e. The molecule has 0 spiro atoms. The van der Waals surface area contributed by atoms with Gasteiger partial charge in [0.2, 0.25) is 0 Å². The standard InChI is InChI=1S/C58H104O6/c1-4-7-10-13-16-19-22-25-27-29-30-32-33-36-39-42-45-48-51-57(60)63-54-55(53-62-56(59)50-47-44-41-38-35-24-21-18-15-12-9-6-3)64-58(61)52-49-46-43-40-37-34-31-28-26-23-20-17-14-11-8-5-2/h18,21,28,30-32,34,37,55H,4-17,19-20,22-27,29,33,35-36,38-54H2,1-3H3/b21-18-,31-28-,32-30-,37-34-. The molecule has 372 valence electrons. The van der Waals surface area contributed by atoms with E-state index < -0.39 is 6.10 Å². The summed E-state index contributed by atoms with van der Waals surface area (Å²) in [7, 11) is 0. The Morgan fingerprint density at radius 1 is 0.312 bits per heavy atom. The molecule has 0 aromatic rings. The quantitative estimate of drug-likeness (QED) is 0.0199. The third-order valence-corrected chi connectivity index (χ3v) is 12.1. The zero-order valence-electron chi connectivity index (χ0n) is 42.6. The van der Waals surface area contributed by atoms with E-state index in [0.717, 1.165) is 83.5 Å². The minimum Gasteiger partial charge on any atom is -0.462 e. The van der Waals surface area contributed by atoms with Crippen molar-refractivity contribution in [3.8, 4) is 0 Å². The van der Waals surface area contributed by atoms with E-state index in [1.54, 1.807) is 0 Å². The highest BCUT2D eigenvalue weighted by Crippen LogP contribution is 2.15. The molecule has 0 aromatic heterocycles. The Bertz CT molecular complexity index is 1120. The van der Waals surface area contributed by atoms with Crippen LogP contribution in [0.3, 0.4) is 0 Å². The maximum absolute atomic E-state index is 12.8. The van der Waals surface area contributed by atoms with Gasteiger partial charge in [-0.2, -0.15) is 0 Å². The average Bonchev–Trinajstić information content (AvgIpc) is 3.29. The number of allylic oxidation sites excluding steroid dienone is 8. The molecule has 6 heteroatoms. The highest BCUT2D eigenvalue weighted by atomic mass is 16.6. The van der Waals surface area contributed by atoms with Crippen LogP contribution in [0.5, 0.6) is 0 Å². The van der Waals surface area contributed by atoms with E-state index in [2.05, 4.69) is 69.4 Å². The van der Waals surface area contributed by atoms with Crippen LogP contribution in [0.15, 0.2) is 48.6 Å². The number of esters is 3. The summed E-state index contributed by atoms with van der Waals surface area (Å²) in [5, 5.41) is 0. The van der Waals surface area contributed by atoms with Gasteiger partial charge in [0.05, 0.1) is 0 Å². The monoisotopic (exact) mass is 897 g/mol. The summed E-state index contributed by atoms with van der Waals surface area (Å²) in [5.41, 5.74) is 0. The van der Waals surface area contributed by atoms with Gasteiger partial charge in [0.25, 0.3) is 0 Å². The Hall–Kier alpha value is -2.63. The first-order valence-corrected chi connectivity index (χ1v) is 27.7. The fourth-order valence-electron chi connectivity index (χ4n) is 7.83. The normalized spacial score (nSPS) is 12.4. The number of carbonyl (C=O) groups is 3. The molecule has 0 saturated heterocycles. The van der Waals surface area contributed by atoms with Crippen LogP contribution in [-0.2, 0) is 28.6 Å².